The van der Waals surface area contributed by atoms with Gasteiger partial charge in [0.05, 0.1) is 27.6 Å². The second-order valence-electron chi connectivity index (χ2n) is 14.3. The number of nitrogens with one attached hydrogen (secondary N) is 1. The third kappa shape index (κ3) is 13.9. The number of hydrogen-bond donors (Lipinski definition) is 5. The number of anilines is 2. The number of nitrogens with zero attached hydrogens (tertiary/aromatic N) is 4. The number of hydroxylamine groups is 2. The minimum absolute atomic E-state index is 0.0412. The zero-order valence-corrected chi connectivity index (χ0v) is 36.2. The number of carbonyl (C=O) groups excluding carboxylic acids is 1. The van der Waals surface area contributed by atoms with Crippen LogP contribution in [-0.4, -0.2) is 87.7 Å². The van der Waals surface area contributed by atoms with Gasteiger partial charge in [-0.25, -0.2) is 14.5 Å². The predicted octanol–water partition coefficient (Wildman–Crippen LogP) is 8.30. The number of ether oxygens (including phenoxy) is 3. The molecule has 0 bridgehead atoms. The third-order valence-electron chi connectivity index (χ3n) is 8.82. The van der Waals surface area contributed by atoms with Crippen molar-refractivity contribution in [1.29, 1.82) is 0 Å². The van der Waals surface area contributed by atoms with Crippen LogP contribution in [0.5, 0.6) is 17.2 Å². The highest BCUT2D eigenvalue weighted by atomic mass is 35.5. The summed E-state index contributed by atoms with van der Waals surface area (Å²) < 4.78 is 67.0. The lowest BCUT2D eigenvalue weighted by Gasteiger charge is -2.43. The fourth-order valence-corrected chi connectivity index (χ4v) is 7.02. The number of aromatic nitrogens is 2. The van der Waals surface area contributed by atoms with E-state index in [1.807, 2.05) is 25.1 Å². The molecule has 0 spiro atoms. The van der Waals surface area contributed by atoms with Crippen molar-refractivity contribution in [2.24, 2.45) is 5.73 Å². The molecule has 18 nitrogen and oxygen atoms in total. The van der Waals surface area contributed by atoms with Crippen molar-refractivity contribution in [2.45, 2.75) is 57.0 Å². The quantitative estimate of drug-likeness (QED) is 0.0539. The SMILES string of the molecule is CON(C)C(=O)Nc1ccc(Oc2ccc3c(c2)OC(C)(OC)CC3(C)C)cc1.CP(=O)(O)CCC(N)C(=O)O.Nc1c([N+](=O)[O-])cnn1-c1c(Cl)cc(C(F)(F)F)cc1Cl. The van der Waals surface area contributed by atoms with Crippen LogP contribution in [-0.2, 0) is 30.5 Å². The van der Waals surface area contributed by atoms with Crippen LogP contribution in [0.1, 0.15) is 44.7 Å². The lowest BCUT2D eigenvalue weighted by atomic mass is 9.76. The summed E-state index contributed by atoms with van der Waals surface area (Å²) in [4.78, 5) is 45.4. The molecule has 5 rings (SSSR count). The molecule has 0 radical (unpaired) electrons. The molecule has 1 aliphatic heterocycles. The third-order valence-corrected chi connectivity index (χ3v) is 10.5. The Labute approximate surface area is 357 Å². The van der Waals surface area contributed by atoms with E-state index in [0.717, 1.165) is 33.7 Å². The lowest BCUT2D eigenvalue weighted by Crippen LogP contribution is -2.45. The summed E-state index contributed by atoms with van der Waals surface area (Å²) >= 11 is 11.5. The zero-order valence-electron chi connectivity index (χ0n) is 33.8. The van der Waals surface area contributed by atoms with Crippen LogP contribution in [0.25, 0.3) is 5.69 Å². The summed E-state index contributed by atoms with van der Waals surface area (Å²) in [7, 11) is 1.51. The number of halogens is 5. The molecule has 3 aromatic carbocycles. The first-order valence-corrected chi connectivity index (χ1v) is 20.7. The number of urea groups is 1. The summed E-state index contributed by atoms with van der Waals surface area (Å²) in [5.74, 6) is -0.148. The van der Waals surface area contributed by atoms with E-state index in [1.54, 1.807) is 31.4 Å². The van der Waals surface area contributed by atoms with Gasteiger partial charge in [-0.3, -0.25) is 24.3 Å². The van der Waals surface area contributed by atoms with Gasteiger partial charge in [-0.15, -0.1) is 0 Å². The number of carbonyl (C=O) groups is 2. The first-order chi connectivity index (χ1) is 28.1. The summed E-state index contributed by atoms with van der Waals surface area (Å²) in [6, 6.07) is 12.8. The normalized spacial score (nSPS) is 16.8. The van der Waals surface area contributed by atoms with Crippen LogP contribution in [0.15, 0.2) is 60.8 Å². The molecule has 1 aliphatic rings. The molecule has 0 saturated carbocycles. The van der Waals surface area contributed by atoms with Crippen LogP contribution in [0.4, 0.5) is 35.2 Å². The van der Waals surface area contributed by atoms with Crippen molar-refractivity contribution in [3.8, 4) is 22.9 Å². The number of benzene rings is 3. The van der Waals surface area contributed by atoms with E-state index in [-0.39, 0.29) is 39.8 Å². The number of carboxylic acids is 1. The van der Waals surface area contributed by atoms with Crippen LogP contribution in [0, 0.1) is 10.1 Å². The number of fused-ring (bicyclic) bond motifs is 1. The van der Waals surface area contributed by atoms with Crippen molar-refractivity contribution in [2.75, 3.05) is 45.1 Å². The summed E-state index contributed by atoms with van der Waals surface area (Å²) in [5, 5.41) is 25.6. The van der Waals surface area contributed by atoms with Gasteiger partial charge in [-0.1, -0.05) is 43.1 Å². The number of aliphatic carboxylic acids is 1. The molecule has 7 N–H and O–H groups in total. The molecule has 334 valence electrons. The number of alkyl halides is 3. The smallest absolute Gasteiger partial charge is 0.416 e. The number of nitro groups is 1. The summed E-state index contributed by atoms with van der Waals surface area (Å²) in [6.45, 7) is 7.49. The second-order valence-corrected chi connectivity index (χ2v) is 17.6. The standard InChI is InChI=1S/C22H28N2O5.C10H5Cl2F3N4O2.C5H12NO4P/c1-21(2)14-22(3,26-5)29-19-13-17(11-12-18(19)21)28-16-9-7-15(8-10-16)23-20(25)24(4)27-6;11-5-1-4(10(13,14)15)2-6(12)8(5)18-9(16)7(3-17-18)19(20)21;1-11(9,10)3-2-4(6)5(7)8/h7-13H,14H2,1-6H3,(H,23,25);1-3H,16H2;4H,2-3,6H2,1H3,(H,7,8)(H,9,10). The van der Waals surface area contributed by atoms with E-state index in [2.05, 4.69) is 24.3 Å². The Bertz CT molecular complexity index is 2240. The van der Waals surface area contributed by atoms with Crippen molar-refractivity contribution >= 4 is 59.8 Å². The van der Waals surface area contributed by atoms with E-state index in [9.17, 15) is 37.4 Å². The summed E-state index contributed by atoms with van der Waals surface area (Å²) in [6.07, 6.45) is -3.03. The Morgan fingerprint density at radius 3 is 2.16 bits per heavy atom. The Balaban J connectivity index is 0.000000271. The molecular weight excluding hydrogens is 877 g/mol. The minimum atomic E-state index is -4.63. The molecule has 4 aromatic rings. The zero-order chi connectivity index (χ0) is 46.2. The fourth-order valence-electron chi connectivity index (χ4n) is 5.62. The average molecular weight is 923 g/mol. The number of methoxy groups -OCH3 is 1. The molecule has 0 fully saturated rings. The molecular formula is C37H45Cl2F3N7O11P. The van der Waals surface area contributed by atoms with Gasteiger partial charge in [0.15, 0.2) is 7.37 Å². The number of carboxylic acid groups (broad SMARTS) is 1. The first-order valence-electron chi connectivity index (χ1n) is 17.7. The van der Waals surface area contributed by atoms with Crippen molar-refractivity contribution in [1.82, 2.24) is 14.8 Å². The van der Waals surface area contributed by atoms with Gasteiger partial charge >= 0.3 is 23.9 Å². The van der Waals surface area contributed by atoms with Crippen LogP contribution in [0.2, 0.25) is 10.0 Å². The van der Waals surface area contributed by atoms with Gasteiger partial charge in [0, 0.05) is 57.6 Å². The van der Waals surface area contributed by atoms with Crippen molar-refractivity contribution < 1.29 is 61.3 Å². The van der Waals surface area contributed by atoms with Crippen LogP contribution >= 0.6 is 30.6 Å². The van der Waals surface area contributed by atoms with E-state index in [4.69, 9.17) is 63.7 Å². The molecule has 0 saturated heterocycles. The van der Waals surface area contributed by atoms with E-state index in [0.29, 0.717) is 29.3 Å². The lowest BCUT2D eigenvalue weighted by molar-refractivity contribution is -0.383. The fraction of sp³-hybridized carbons (Fsp3) is 0.378. The molecule has 0 aliphatic carbocycles. The van der Waals surface area contributed by atoms with Gasteiger partial charge in [-0.2, -0.15) is 18.3 Å². The van der Waals surface area contributed by atoms with E-state index >= 15 is 0 Å². The number of hydrogen-bond acceptors (Lipinski definition) is 12. The second kappa shape index (κ2) is 20.1. The minimum Gasteiger partial charge on any atom is -0.480 e. The first kappa shape index (κ1) is 50.2. The topological polar surface area (TPSA) is 257 Å². The Morgan fingerprint density at radius 2 is 1.69 bits per heavy atom. The number of nitrogen functional groups attached to an aromatic ring is 1. The largest absolute Gasteiger partial charge is 0.480 e. The van der Waals surface area contributed by atoms with Gasteiger partial charge < -0.3 is 41.0 Å². The molecule has 3 atom stereocenters. The summed E-state index contributed by atoms with van der Waals surface area (Å²) in [5.41, 5.74) is 10.6. The maximum atomic E-state index is 12.6. The van der Waals surface area contributed by atoms with Crippen molar-refractivity contribution in [3.63, 3.8) is 0 Å². The molecule has 1 aromatic heterocycles. The number of rotatable bonds is 11. The van der Waals surface area contributed by atoms with Crippen LogP contribution in [0.3, 0.4) is 0 Å². The molecule has 2 heterocycles. The number of amides is 2. The Hall–Kier alpha value is -5.15. The predicted molar refractivity (Wildman–Crippen MR) is 221 cm³/mol. The van der Waals surface area contributed by atoms with Crippen molar-refractivity contribution in [3.05, 3.63) is 92.1 Å². The Kier molecular flexibility index (Phi) is 16.6. The van der Waals surface area contributed by atoms with Gasteiger partial charge in [0.2, 0.25) is 11.6 Å². The van der Waals surface area contributed by atoms with Gasteiger partial charge in [0.1, 0.15) is 35.2 Å². The van der Waals surface area contributed by atoms with Gasteiger partial charge in [0.25, 0.3) is 0 Å². The molecule has 61 heavy (non-hydrogen) atoms. The van der Waals surface area contributed by atoms with Crippen LogP contribution < -0.4 is 26.3 Å². The molecule has 2 amide bonds. The highest BCUT2D eigenvalue weighted by Gasteiger charge is 2.42. The highest BCUT2D eigenvalue weighted by Crippen LogP contribution is 2.47. The highest BCUT2D eigenvalue weighted by molar-refractivity contribution is 7.57. The average Bonchev–Trinajstić information content (AvgIpc) is 3.53. The van der Waals surface area contributed by atoms with E-state index in [1.165, 1.54) is 20.8 Å². The Morgan fingerprint density at radius 1 is 1.11 bits per heavy atom. The maximum absolute atomic E-state index is 12.6. The van der Waals surface area contributed by atoms with Gasteiger partial charge in [-0.05, 0) is 54.3 Å². The maximum Gasteiger partial charge on any atom is 0.416 e. The molecule has 3 unspecified atom stereocenters. The van der Waals surface area contributed by atoms with E-state index < -0.39 is 53.3 Å². The monoisotopic (exact) mass is 921 g/mol. The number of nitrogens with two attached hydrogens (primary N) is 2. The molecule has 24 heteroatoms.